The van der Waals surface area contributed by atoms with Crippen molar-refractivity contribution >= 4 is 40.0 Å². The summed E-state index contributed by atoms with van der Waals surface area (Å²) in [7, 11) is 0. The zero-order valence-electron chi connectivity index (χ0n) is 10.9. The number of nitrogens with one attached hydrogen (secondary N) is 2. The van der Waals surface area contributed by atoms with E-state index in [0.717, 1.165) is 0 Å². The zero-order valence-corrected chi connectivity index (χ0v) is 13.1. The van der Waals surface area contributed by atoms with Gasteiger partial charge in [-0.3, -0.25) is 10.1 Å². The number of hydrogen-bond donors (Lipinski definition) is 2. The standard InChI is InChI=1S/C12H16IN3O3/c1-7(2)8(3)14-12(17)15-9-4-5-11(16(18)19)10(13)6-9/h4-8H,1-3H3,(H2,14,15,17)/t8-/m1/s1. The Labute approximate surface area is 125 Å². The van der Waals surface area contributed by atoms with E-state index >= 15 is 0 Å². The number of nitro benzene ring substituents is 1. The van der Waals surface area contributed by atoms with Crippen LogP contribution < -0.4 is 10.6 Å². The third-order valence-electron chi connectivity index (χ3n) is 2.76. The van der Waals surface area contributed by atoms with Crippen LogP contribution in [0.3, 0.4) is 0 Å². The number of nitrogens with zero attached hydrogens (tertiary/aromatic N) is 1. The van der Waals surface area contributed by atoms with Crippen LogP contribution in [0.2, 0.25) is 0 Å². The molecule has 7 heteroatoms. The first-order valence-corrected chi connectivity index (χ1v) is 6.90. The van der Waals surface area contributed by atoms with E-state index in [1.807, 2.05) is 43.4 Å². The Bertz CT molecular complexity index is 491. The third kappa shape index (κ3) is 4.66. The van der Waals surface area contributed by atoms with E-state index in [9.17, 15) is 14.9 Å². The number of urea groups is 1. The Kier molecular flexibility index (Phi) is 5.52. The van der Waals surface area contributed by atoms with Crippen LogP contribution in [0.1, 0.15) is 20.8 Å². The molecule has 6 nitrogen and oxygen atoms in total. The van der Waals surface area contributed by atoms with Crippen molar-refractivity contribution in [2.75, 3.05) is 5.32 Å². The van der Waals surface area contributed by atoms with Crippen LogP contribution in [-0.2, 0) is 0 Å². The normalized spacial score (nSPS) is 12.1. The van der Waals surface area contributed by atoms with E-state index in [2.05, 4.69) is 10.6 Å². The number of carbonyl (C=O) groups is 1. The van der Waals surface area contributed by atoms with Gasteiger partial charge in [0.2, 0.25) is 0 Å². The second-order valence-electron chi connectivity index (χ2n) is 4.55. The summed E-state index contributed by atoms with van der Waals surface area (Å²) < 4.78 is 0.484. The van der Waals surface area contributed by atoms with E-state index < -0.39 is 4.92 Å². The van der Waals surface area contributed by atoms with E-state index in [-0.39, 0.29) is 17.8 Å². The highest BCUT2D eigenvalue weighted by molar-refractivity contribution is 14.1. The van der Waals surface area contributed by atoms with Crippen molar-refractivity contribution in [1.82, 2.24) is 5.32 Å². The lowest BCUT2D eigenvalue weighted by atomic mass is 10.1. The van der Waals surface area contributed by atoms with Gasteiger partial charge in [-0.2, -0.15) is 0 Å². The fraction of sp³-hybridized carbons (Fsp3) is 0.417. The van der Waals surface area contributed by atoms with Crippen molar-refractivity contribution in [3.05, 3.63) is 31.9 Å². The molecule has 1 rings (SSSR count). The molecule has 19 heavy (non-hydrogen) atoms. The van der Waals surface area contributed by atoms with Gasteiger partial charge in [-0.05, 0) is 47.6 Å². The molecule has 0 radical (unpaired) electrons. The van der Waals surface area contributed by atoms with Gasteiger partial charge >= 0.3 is 6.03 Å². The maximum Gasteiger partial charge on any atom is 0.319 e. The summed E-state index contributed by atoms with van der Waals surface area (Å²) in [6, 6.07) is 4.20. The maximum atomic E-state index is 11.7. The van der Waals surface area contributed by atoms with Crippen LogP contribution in [0.5, 0.6) is 0 Å². The second-order valence-corrected chi connectivity index (χ2v) is 5.72. The van der Waals surface area contributed by atoms with E-state index in [0.29, 0.717) is 15.2 Å². The molecule has 0 aliphatic heterocycles. The Morgan fingerprint density at radius 3 is 2.47 bits per heavy atom. The highest BCUT2D eigenvalue weighted by atomic mass is 127. The summed E-state index contributed by atoms with van der Waals surface area (Å²) >= 11 is 1.87. The Morgan fingerprint density at radius 2 is 2.00 bits per heavy atom. The molecule has 104 valence electrons. The molecule has 1 atom stereocenters. The molecule has 0 bridgehead atoms. The van der Waals surface area contributed by atoms with Crippen molar-refractivity contribution in [1.29, 1.82) is 0 Å². The number of halogens is 1. The number of amides is 2. The number of anilines is 1. The molecule has 0 heterocycles. The average Bonchev–Trinajstić information content (AvgIpc) is 2.27. The predicted octanol–water partition coefficient (Wildman–Crippen LogP) is 3.37. The van der Waals surface area contributed by atoms with Gasteiger partial charge in [0.05, 0.1) is 8.49 Å². The van der Waals surface area contributed by atoms with Crippen LogP contribution in [0.15, 0.2) is 18.2 Å². The summed E-state index contributed by atoms with van der Waals surface area (Å²) in [6.45, 7) is 5.95. The molecule has 1 aromatic carbocycles. The van der Waals surface area contributed by atoms with Gasteiger partial charge in [0.1, 0.15) is 0 Å². The highest BCUT2D eigenvalue weighted by Crippen LogP contribution is 2.24. The smallest absolute Gasteiger partial charge is 0.319 e. The average molecular weight is 377 g/mol. The van der Waals surface area contributed by atoms with Gasteiger partial charge in [-0.25, -0.2) is 4.79 Å². The first kappa shape index (κ1) is 15.7. The van der Waals surface area contributed by atoms with Crippen LogP contribution in [0.4, 0.5) is 16.2 Å². The van der Waals surface area contributed by atoms with Gasteiger partial charge < -0.3 is 10.6 Å². The summed E-state index contributed by atoms with van der Waals surface area (Å²) in [4.78, 5) is 21.9. The molecule has 0 saturated carbocycles. The number of nitro groups is 1. The quantitative estimate of drug-likeness (QED) is 0.480. The molecule has 1 aromatic rings. The van der Waals surface area contributed by atoms with Crippen LogP contribution >= 0.6 is 22.6 Å². The molecule has 2 N–H and O–H groups in total. The Morgan fingerprint density at radius 1 is 1.37 bits per heavy atom. The summed E-state index contributed by atoms with van der Waals surface area (Å²) in [5.41, 5.74) is 0.561. The minimum absolute atomic E-state index is 0.0297. The SMILES string of the molecule is CC(C)[C@@H](C)NC(=O)Nc1ccc([N+](=O)[O-])c(I)c1. The number of benzene rings is 1. The fourth-order valence-electron chi connectivity index (χ4n) is 1.27. The van der Waals surface area contributed by atoms with E-state index in [1.54, 1.807) is 6.07 Å². The molecule has 0 spiro atoms. The van der Waals surface area contributed by atoms with Gasteiger partial charge in [0, 0.05) is 17.8 Å². The fourth-order valence-corrected chi connectivity index (χ4v) is 1.99. The molecule has 0 aliphatic rings. The molecule has 0 aromatic heterocycles. The summed E-state index contributed by atoms with van der Waals surface area (Å²) in [5, 5.41) is 16.1. The van der Waals surface area contributed by atoms with Crippen molar-refractivity contribution in [2.45, 2.75) is 26.8 Å². The molecule has 0 fully saturated rings. The number of rotatable bonds is 4. The number of carbonyl (C=O) groups excluding carboxylic acids is 1. The lowest BCUT2D eigenvalue weighted by Crippen LogP contribution is -2.39. The van der Waals surface area contributed by atoms with E-state index in [1.165, 1.54) is 12.1 Å². The highest BCUT2D eigenvalue weighted by Gasteiger charge is 2.14. The van der Waals surface area contributed by atoms with Gasteiger partial charge in [0.15, 0.2) is 0 Å². The second kappa shape index (κ2) is 6.69. The maximum absolute atomic E-state index is 11.7. The minimum atomic E-state index is -0.452. The van der Waals surface area contributed by atoms with Crippen LogP contribution in [-0.4, -0.2) is 17.0 Å². The minimum Gasteiger partial charge on any atom is -0.335 e. The lowest BCUT2D eigenvalue weighted by Gasteiger charge is -2.17. The first-order valence-electron chi connectivity index (χ1n) is 5.82. The topological polar surface area (TPSA) is 84.3 Å². The molecular formula is C12H16IN3O3. The third-order valence-corrected chi connectivity index (χ3v) is 3.63. The Hall–Kier alpha value is -1.38. The van der Waals surface area contributed by atoms with Crippen molar-refractivity contribution in [2.24, 2.45) is 5.92 Å². The summed E-state index contributed by atoms with van der Waals surface area (Å²) in [6.07, 6.45) is 0. The largest absolute Gasteiger partial charge is 0.335 e. The predicted molar refractivity (Wildman–Crippen MR) is 82.3 cm³/mol. The zero-order chi connectivity index (χ0) is 14.6. The van der Waals surface area contributed by atoms with Crippen molar-refractivity contribution in [3.63, 3.8) is 0 Å². The number of hydrogen-bond acceptors (Lipinski definition) is 3. The van der Waals surface area contributed by atoms with E-state index in [4.69, 9.17) is 0 Å². The van der Waals surface area contributed by atoms with Crippen LogP contribution in [0, 0.1) is 19.6 Å². The van der Waals surface area contributed by atoms with Crippen LogP contribution in [0.25, 0.3) is 0 Å². The molecule has 0 saturated heterocycles. The molecule has 0 aliphatic carbocycles. The Balaban J connectivity index is 2.70. The van der Waals surface area contributed by atoms with Crippen molar-refractivity contribution in [3.8, 4) is 0 Å². The molecular weight excluding hydrogens is 361 g/mol. The van der Waals surface area contributed by atoms with Gasteiger partial charge in [-0.15, -0.1) is 0 Å². The molecule has 2 amide bonds. The monoisotopic (exact) mass is 377 g/mol. The lowest BCUT2D eigenvalue weighted by molar-refractivity contribution is -0.385. The van der Waals surface area contributed by atoms with Gasteiger partial charge in [0.25, 0.3) is 5.69 Å². The summed E-state index contributed by atoms with van der Waals surface area (Å²) in [5.74, 6) is 0.336. The molecule has 0 unspecified atom stereocenters. The van der Waals surface area contributed by atoms with Crippen molar-refractivity contribution < 1.29 is 9.72 Å². The van der Waals surface area contributed by atoms with Gasteiger partial charge in [-0.1, -0.05) is 13.8 Å². The first-order chi connectivity index (χ1) is 8.81.